The summed E-state index contributed by atoms with van der Waals surface area (Å²) in [5, 5.41) is 16.1. The number of nitrogens with one attached hydrogen (secondary N) is 1. The van der Waals surface area contributed by atoms with Crippen molar-refractivity contribution in [1.82, 2.24) is 4.57 Å². The van der Waals surface area contributed by atoms with Crippen LogP contribution in [-0.2, 0) is 17.8 Å². The Morgan fingerprint density at radius 1 is 0.791 bits per heavy atom. The van der Waals surface area contributed by atoms with Crippen LogP contribution in [0.25, 0.3) is 21.8 Å². The molecule has 214 valence electrons. The highest BCUT2D eigenvalue weighted by atomic mass is 35.5. The van der Waals surface area contributed by atoms with Crippen LogP contribution in [0.15, 0.2) is 121 Å². The molecule has 0 aliphatic heterocycles. The van der Waals surface area contributed by atoms with Gasteiger partial charge in [-0.25, -0.2) is 4.79 Å². The van der Waals surface area contributed by atoms with E-state index in [0.717, 1.165) is 22.0 Å². The molecular formula is C36H29ClN2O4. The molecule has 7 heteroatoms. The first-order valence-corrected chi connectivity index (χ1v) is 14.4. The van der Waals surface area contributed by atoms with Crippen molar-refractivity contribution in [2.45, 2.75) is 19.0 Å². The van der Waals surface area contributed by atoms with Crippen LogP contribution in [0, 0.1) is 0 Å². The third kappa shape index (κ3) is 6.10. The second-order valence-electron chi connectivity index (χ2n) is 10.3. The average Bonchev–Trinajstić information content (AvgIpc) is 3.34. The van der Waals surface area contributed by atoms with Crippen LogP contribution in [-0.4, -0.2) is 34.1 Å². The summed E-state index contributed by atoms with van der Waals surface area (Å²) in [7, 11) is 0. The number of hydrogen-bond acceptors (Lipinski definition) is 4. The zero-order valence-corrected chi connectivity index (χ0v) is 24.0. The molecule has 6 rings (SSSR count). The molecule has 1 heterocycles. The number of aromatic nitrogens is 1. The Hall–Kier alpha value is -5.07. The number of aliphatic carboxylic acids is 1. The van der Waals surface area contributed by atoms with Gasteiger partial charge in [0.25, 0.3) is 0 Å². The van der Waals surface area contributed by atoms with Crippen molar-refractivity contribution < 1.29 is 19.4 Å². The topological polar surface area (TPSA) is 80.6 Å². The first-order chi connectivity index (χ1) is 21.0. The molecule has 2 N–H and O–H groups in total. The minimum Gasteiger partial charge on any atom is -0.492 e. The van der Waals surface area contributed by atoms with E-state index in [4.69, 9.17) is 16.3 Å². The van der Waals surface area contributed by atoms with Crippen LogP contribution in [0.2, 0.25) is 5.02 Å². The minimum atomic E-state index is -1.01. The summed E-state index contributed by atoms with van der Waals surface area (Å²) in [4.78, 5) is 25.3. The Kier molecular flexibility index (Phi) is 8.11. The van der Waals surface area contributed by atoms with Crippen LogP contribution in [0.1, 0.15) is 21.5 Å². The second-order valence-corrected chi connectivity index (χ2v) is 10.7. The summed E-state index contributed by atoms with van der Waals surface area (Å²) in [5.74, 6) is -0.479. The third-order valence-corrected chi connectivity index (χ3v) is 7.75. The summed E-state index contributed by atoms with van der Waals surface area (Å²) in [6, 6.07) is 36.6. The van der Waals surface area contributed by atoms with Crippen molar-refractivity contribution in [3.63, 3.8) is 0 Å². The normalized spacial score (nSPS) is 11.8. The Bertz CT molecular complexity index is 1920. The molecular weight excluding hydrogens is 560 g/mol. The van der Waals surface area contributed by atoms with Gasteiger partial charge in [-0.3, -0.25) is 4.79 Å². The molecule has 0 aliphatic carbocycles. The Labute approximate surface area is 254 Å². The number of carbonyl (C=O) groups excluding carboxylic acids is 1. The molecule has 6 aromatic rings. The molecule has 1 atom stereocenters. The summed E-state index contributed by atoms with van der Waals surface area (Å²) in [5.41, 5.74) is 4.46. The SMILES string of the molecule is O=C(c1ccccc1)c1ccccc1N[C@@H](Cc1ccc(OCCn2c3ccccc3c3ccc(Cl)cc32)cc1)C(=O)O. The molecule has 0 spiro atoms. The maximum absolute atomic E-state index is 13.1. The number of rotatable bonds is 11. The van der Waals surface area contributed by atoms with Crippen LogP contribution in [0.4, 0.5) is 5.69 Å². The zero-order chi connectivity index (χ0) is 29.8. The molecule has 0 radical (unpaired) electrons. The van der Waals surface area contributed by atoms with Crippen molar-refractivity contribution in [2.24, 2.45) is 0 Å². The lowest BCUT2D eigenvalue weighted by molar-refractivity contribution is -0.137. The van der Waals surface area contributed by atoms with Crippen LogP contribution >= 0.6 is 11.6 Å². The fourth-order valence-electron chi connectivity index (χ4n) is 5.42. The van der Waals surface area contributed by atoms with E-state index in [1.807, 2.05) is 54.6 Å². The highest BCUT2D eigenvalue weighted by Crippen LogP contribution is 2.31. The highest BCUT2D eigenvalue weighted by molar-refractivity contribution is 6.31. The number of benzene rings is 5. The summed E-state index contributed by atoms with van der Waals surface area (Å²) in [6.45, 7) is 1.09. The van der Waals surface area contributed by atoms with Crippen molar-refractivity contribution in [3.8, 4) is 5.75 Å². The lowest BCUT2D eigenvalue weighted by Gasteiger charge is -2.18. The maximum atomic E-state index is 13.1. The lowest BCUT2D eigenvalue weighted by atomic mass is 10.00. The van der Waals surface area contributed by atoms with E-state index in [-0.39, 0.29) is 12.2 Å². The number of fused-ring (bicyclic) bond motifs is 3. The standard InChI is InChI=1S/C36H29ClN2O4/c37-26-16-19-29-28-10-5-7-13-33(28)39(34(29)23-26)20-21-43-27-17-14-24(15-18-27)22-32(36(41)42)38-31-12-6-4-11-30(31)35(40)25-8-2-1-3-9-25/h1-19,23,32,38H,20-22H2,(H,41,42)/t32-/m0/s1. The Morgan fingerprint density at radius 3 is 2.28 bits per heavy atom. The van der Waals surface area contributed by atoms with Crippen LogP contribution < -0.4 is 10.1 Å². The number of ether oxygens (including phenoxy) is 1. The van der Waals surface area contributed by atoms with E-state index in [1.165, 1.54) is 5.39 Å². The summed E-state index contributed by atoms with van der Waals surface area (Å²) >= 11 is 6.31. The maximum Gasteiger partial charge on any atom is 0.326 e. The van der Waals surface area contributed by atoms with E-state index in [9.17, 15) is 14.7 Å². The molecule has 0 fully saturated rings. The number of carboxylic acid groups (broad SMARTS) is 1. The number of ketones is 1. The van der Waals surface area contributed by atoms with E-state index in [0.29, 0.717) is 40.7 Å². The molecule has 0 bridgehead atoms. The molecule has 0 saturated heterocycles. The summed E-state index contributed by atoms with van der Waals surface area (Å²) < 4.78 is 8.29. The minimum absolute atomic E-state index is 0.168. The fourth-order valence-corrected chi connectivity index (χ4v) is 5.58. The van der Waals surface area contributed by atoms with E-state index in [2.05, 4.69) is 28.1 Å². The average molecular weight is 589 g/mol. The van der Waals surface area contributed by atoms with Gasteiger partial charge in [-0.15, -0.1) is 0 Å². The number of halogens is 1. The van der Waals surface area contributed by atoms with Gasteiger partial charge in [-0.05, 0) is 48.0 Å². The molecule has 6 nitrogen and oxygen atoms in total. The Balaban J connectivity index is 1.12. The molecule has 0 aliphatic rings. The number of carboxylic acids is 1. The molecule has 0 saturated carbocycles. The highest BCUT2D eigenvalue weighted by Gasteiger charge is 2.21. The lowest BCUT2D eigenvalue weighted by Crippen LogP contribution is -2.32. The smallest absolute Gasteiger partial charge is 0.326 e. The van der Waals surface area contributed by atoms with Crippen molar-refractivity contribution in [1.29, 1.82) is 0 Å². The first kappa shape index (κ1) is 28.1. The molecule has 5 aromatic carbocycles. The zero-order valence-electron chi connectivity index (χ0n) is 23.2. The van der Waals surface area contributed by atoms with Crippen LogP contribution in [0.3, 0.4) is 0 Å². The van der Waals surface area contributed by atoms with Crippen molar-refractivity contribution in [2.75, 3.05) is 11.9 Å². The predicted molar refractivity (Wildman–Crippen MR) is 171 cm³/mol. The first-order valence-electron chi connectivity index (χ1n) is 14.0. The van der Waals surface area contributed by atoms with Gasteiger partial charge in [-0.2, -0.15) is 0 Å². The monoisotopic (exact) mass is 588 g/mol. The predicted octanol–water partition coefficient (Wildman–Crippen LogP) is 7.87. The summed E-state index contributed by atoms with van der Waals surface area (Å²) in [6.07, 6.45) is 0.228. The number of anilines is 1. The van der Waals surface area contributed by atoms with Gasteiger partial charge in [-0.1, -0.05) is 90.5 Å². The molecule has 43 heavy (non-hydrogen) atoms. The van der Waals surface area contributed by atoms with Gasteiger partial charge in [0.05, 0.1) is 12.1 Å². The van der Waals surface area contributed by atoms with E-state index in [1.54, 1.807) is 48.5 Å². The quantitative estimate of drug-likeness (QED) is 0.151. The van der Waals surface area contributed by atoms with Crippen LogP contribution in [0.5, 0.6) is 5.75 Å². The molecule has 0 amide bonds. The largest absolute Gasteiger partial charge is 0.492 e. The third-order valence-electron chi connectivity index (χ3n) is 7.52. The van der Waals surface area contributed by atoms with Crippen molar-refractivity contribution >= 4 is 50.8 Å². The van der Waals surface area contributed by atoms with E-state index < -0.39 is 12.0 Å². The van der Waals surface area contributed by atoms with Gasteiger partial charge < -0.3 is 19.7 Å². The van der Waals surface area contributed by atoms with Gasteiger partial charge >= 0.3 is 5.97 Å². The molecule has 1 aromatic heterocycles. The van der Waals surface area contributed by atoms with Gasteiger partial charge in [0, 0.05) is 44.5 Å². The fraction of sp³-hybridized carbons (Fsp3) is 0.111. The number of nitrogens with zero attached hydrogens (tertiary/aromatic N) is 1. The Morgan fingerprint density at radius 2 is 1.49 bits per heavy atom. The van der Waals surface area contributed by atoms with E-state index >= 15 is 0 Å². The van der Waals surface area contributed by atoms with Gasteiger partial charge in [0.15, 0.2) is 5.78 Å². The second kappa shape index (κ2) is 12.4. The number of carbonyl (C=O) groups is 2. The van der Waals surface area contributed by atoms with Gasteiger partial charge in [0.1, 0.15) is 18.4 Å². The number of hydrogen-bond donors (Lipinski definition) is 2. The van der Waals surface area contributed by atoms with Gasteiger partial charge in [0.2, 0.25) is 0 Å². The van der Waals surface area contributed by atoms with Crippen molar-refractivity contribution in [3.05, 3.63) is 143 Å². The molecule has 0 unspecified atom stereocenters. The number of para-hydroxylation sites is 2.